The highest BCUT2D eigenvalue weighted by atomic mass is 32.2. The van der Waals surface area contributed by atoms with Crippen molar-refractivity contribution in [2.75, 3.05) is 32.7 Å². The molecular formula is C21H28FN3O3S2. The van der Waals surface area contributed by atoms with E-state index in [4.69, 9.17) is 0 Å². The molecule has 1 fully saturated rings. The Morgan fingerprint density at radius 1 is 1.17 bits per heavy atom. The van der Waals surface area contributed by atoms with Crippen molar-refractivity contribution in [3.05, 3.63) is 52.0 Å². The molecule has 164 valence electrons. The van der Waals surface area contributed by atoms with Gasteiger partial charge in [0, 0.05) is 48.5 Å². The fourth-order valence-electron chi connectivity index (χ4n) is 3.42. The maximum atomic E-state index is 13.4. The van der Waals surface area contributed by atoms with Crippen LogP contribution < -0.4 is 0 Å². The number of amides is 1. The van der Waals surface area contributed by atoms with Crippen LogP contribution in [0.1, 0.15) is 23.6 Å². The van der Waals surface area contributed by atoms with Gasteiger partial charge < -0.3 is 4.90 Å². The van der Waals surface area contributed by atoms with Gasteiger partial charge in [0.25, 0.3) is 0 Å². The zero-order valence-electron chi connectivity index (χ0n) is 17.5. The van der Waals surface area contributed by atoms with Gasteiger partial charge in [0.05, 0.1) is 11.4 Å². The van der Waals surface area contributed by atoms with Crippen LogP contribution in [0.3, 0.4) is 0 Å². The third kappa shape index (κ3) is 5.46. The Kier molecular flexibility index (Phi) is 7.28. The van der Waals surface area contributed by atoms with Gasteiger partial charge in [0.1, 0.15) is 5.82 Å². The molecule has 0 atom stereocenters. The van der Waals surface area contributed by atoms with Crippen LogP contribution in [0.25, 0.3) is 0 Å². The standard InChI is InChI=1S/C21H28FN3O3S2/c1-16(2)24(14-19-8-7-17(3)29-19)15-21(26)23-9-11-25(12-10-23)30(27,28)20-6-4-5-18(22)13-20/h4-8,13,16H,9-12,14-15H2,1-3H3. The Labute approximate surface area is 182 Å². The van der Waals surface area contributed by atoms with Gasteiger partial charge in [-0.05, 0) is 51.1 Å². The minimum atomic E-state index is -3.76. The Balaban J connectivity index is 1.59. The second-order valence-corrected chi connectivity index (χ2v) is 11.1. The summed E-state index contributed by atoms with van der Waals surface area (Å²) in [5.41, 5.74) is 0. The molecule has 0 unspecified atom stereocenters. The number of hydrogen-bond donors (Lipinski definition) is 0. The first-order valence-corrected chi connectivity index (χ1v) is 12.3. The second kappa shape index (κ2) is 9.55. The van der Waals surface area contributed by atoms with Crippen LogP contribution in [-0.2, 0) is 21.4 Å². The number of piperazine rings is 1. The zero-order valence-corrected chi connectivity index (χ0v) is 19.2. The fraction of sp³-hybridized carbons (Fsp3) is 0.476. The highest BCUT2D eigenvalue weighted by molar-refractivity contribution is 7.89. The smallest absolute Gasteiger partial charge is 0.243 e. The first kappa shape index (κ1) is 22.9. The van der Waals surface area contributed by atoms with E-state index in [-0.39, 0.29) is 29.9 Å². The number of thiophene rings is 1. The molecule has 1 aromatic carbocycles. The average Bonchev–Trinajstić information content (AvgIpc) is 3.12. The lowest BCUT2D eigenvalue weighted by Gasteiger charge is -2.35. The summed E-state index contributed by atoms with van der Waals surface area (Å²) < 4.78 is 40.2. The van der Waals surface area contributed by atoms with Gasteiger partial charge in [0.2, 0.25) is 15.9 Å². The van der Waals surface area contributed by atoms with Crippen LogP contribution in [0, 0.1) is 12.7 Å². The molecule has 1 aliphatic heterocycles. The molecule has 3 rings (SSSR count). The Bertz CT molecular complexity index is 983. The van der Waals surface area contributed by atoms with Crippen LogP contribution >= 0.6 is 11.3 Å². The van der Waals surface area contributed by atoms with Crippen molar-refractivity contribution in [1.82, 2.24) is 14.1 Å². The van der Waals surface area contributed by atoms with Crippen molar-refractivity contribution in [3.63, 3.8) is 0 Å². The molecule has 1 saturated heterocycles. The zero-order chi connectivity index (χ0) is 21.9. The number of sulfonamides is 1. The summed E-state index contributed by atoms with van der Waals surface area (Å²) >= 11 is 1.73. The molecule has 1 aromatic heterocycles. The number of halogens is 1. The third-order valence-electron chi connectivity index (χ3n) is 5.25. The lowest BCUT2D eigenvalue weighted by molar-refractivity contribution is -0.134. The van der Waals surface area contributed by atoms with Crippen molar-refractivity contribution < 1.29 is 17.6 Å². The molecule has 1 amide bonds. The molecule has 0 bridgehead atoms. The van der Waals surface area contributed by atoms with Crippen molar-refractivity contribution in [1.29, 1.82) is 0 Å². The van der Waals surface area contributed by atoms with E-state index >= 15 is 0 Å². The number of carbonyl (C=O) groups is 1. The lowest BCUT2D eigenvalue weighted by Crippen LogP contribution is -2.53. The summed E-state index contributed by atoms with van der Waals surface area (Å²) in [5, 5.41) is 0. The highest BCUT2D eigenvalue weighted by Crippen LogP contribution is 2.20. The Morgan fingerprint density at radius 3 is 2.43 bits per heavy atom. The van der Waals surface area contributed by atoms with Crippen molar-refractivity contribution >= 4 is 27.3 Å². The van der Waals surface area contributed by atoms with E-state index < -0.39 is 15.8 Å². The van der Waals surface area contributed by atoms with Crippen molar-refractivity contribution in [2.24, 2.45) is 0 Å². The van der Waals surface area contributed by atoms with Gasteiger partial charge in [-0.1, -0.05) is 6.07 Å². The highest BCUT2D eigenvalue weighted by Gasteiger charge is 2.31. The number of nitrogens with zero attached hydrogens (tertiary/aromatic N) is 3. The molecular weight excluding hydrogens is 425 g/mol. The summed E-state index contributed by atoms with van der Waals surface area (Å²) in [6, 6.07) is 9.41. The molecule has 2 heterocycles. The van der Waals surface area contributed by atoms with Crippen LogP contribution in [0.2, 0.25) is 0 Å². The van der Waals surface area contributed by atoms with E-state index in [1.165, 1.54) is 32.3 Å². The summed E-state index contributed by atoms with van der Waals surface area (Å²) in [4.78, 5) is 19.1. The Hall–Kier alpha value is -1.81. The van der Waals surface area contributed by atoms with Gasteiger partial charge in [-0.2, -0.15) is 4.31 Å². The van der Waals surface area contributed by atoms with Crippen LogP contribution in [0.4, 0.5) is 4.39 Å². The first-order chi connectivity index (χ1) is 14.2. The molecule has 0 spiro atoms. The molecule has 9 heteroatoms. The second-order valence-electron chi connectivity index (χ2n) is 7.75. The van der Waals surface area contributed by atoms with Crippen LogP contribution in [-0.4, -0.2) is 67.2 Å². The molecule has 6 nitrogen and oxygen atoms in total. The molecule has 30 heavy (non-hydrogen) atoms. The molecule has 2 aromatic rings. The van der Waals surface area contributed by atoms with Crippen molar-refractivity contribution in [3.8, 4) is 0 Å². The van der Waals surface area contributed by atoms with E-state index in [9.17, 15) is 17.6 Å². The minimum absolute atomic E-state index is 0.000202. The SMILES string of the molecule is Cc1ccc(CN(CC(=O)N2CCN(S(=O)(=O)c3cccc(F)c3)CC2)C(C)C)s1. The summed E-state index contributed by atoms with van der Waals surface area (Å²) in [6.07, 6.45) is 0. The quantitative estimate of drug-likeness (QED) is 0.647. The normalized spacial score (nSPS) is 15.9. The van der Waals surface area contributed by atoms with Crippen molar-refractivity contribution in [2.45, 2.75) is 38.3 Å². The maximum absolute atomic E-state index is 13.4. The largest absolute Gasteiger partial charge is 0.339 e. The van der Waals surface area contributed by atoms with Gasteiger partial charge in [0.15, 0.2) is 0 Å². The molecule has 0 aliphatic carbocycles. The van der Waals surface area contributed by atoms with Gasteiger partial charge in [-0.3, -0.25) is 9.69 Å². The minimum Gasteiger partial charge on any atom is -0.339 e. The van der Waals surface area contributed by atoms with E-state index in [0.29, 0.717) is 19.6 Å². The number of hydrogen-bond acceptors (Lipinski definition) is 5. The number of rotatable bonds is 7. The fourth-order valence-corrected chi connectivity index (χ4v) is 5.79. The lowest BCUT2D eigenvalue weighted by atomic mass is 10.2. The summed E-state index contributed by atoms with van der Waals surface area (Å²) in [7, 11) is -3.76. The maximum Gasteiger partial charge on any atom is 0.243 e. The monoisotopic (exact) mass is 453 g/mol. The number of carbonyl (C=O) groups excluding carboxylic acids is 1. The van der Waals surface area contributed by atoms with Crippen LogP contribution in [0.15, 0.2) is 41.3 Å². The molecule has 0 radical (unpaired) electrons. The van der Waals surface area contributed by atoms with Gasteiger partial charge >= 0.3 is 0 Å². The van der Waals surface area contributed by atoms with E-state index in [1.807, 2.05) is 0 Å². The van der Waals surface area contributed by atoms with E-state index in [0.717, 1.165) is 12.6 Å². The summed E-state index contributed by atoms with van der Waals surface area (Å²) in [5.74, 6) is -0.584. The number of aryl methyl sites for hydroxylation is 1. The van der Waals surface area contributed by atoms with Crippen LogP contribution in [0.5, 0.6) is 0 Å². The molecule has 0 N–H and O–H groups in total. The Morgan fingerprint density at radius 2 is 1.87 bits per heavy atom. The average molecular weight is 454 g/mol. The first-order valence-electron chi connectivity index (χ1n) is 9.99. The number of benzene rings is 1. The summed E-state index contributed by atoms with van der Waals surface area (Å²) in [6.45, 7) is 8.29. The predicted molar refractivity (Wildman–Crippen MR) is 116 cm³/mol. The van der Waals surface area contributed by atoms with E-state index in [1.54, 1.807) is 16.2 Å². The van der Waals surface area contributed by atoms with Gasteiger partial charge in [-0.15, -0.1) is 11.3 Å². The molecule has 1 aliphatic rings. The molecule has 0 saturated carbocycles. The predicted octanol–water partition coefficient (Wildman–Crippen LogP) is 2.94. The third-order valence-corrected chi connectivity index (χ3v) is 8.13. The topological polar surface area (TPSA) is 60.9 Å². The van der Waals surface area contributed by atoms with E-state index in [2.05, 4.69) is 37.8 Å². The van der Waals surface area contributed by atoms with Gasteiger partial charge in [-0.25, -0.2) is 12.8 Å².